The average Bonchev–Trinajstić information content (AvgIpc) is 1.64. The number of nitrogens with zero attached hydrogens (tertiary/aromatic N) is 10. The number of carbonyl (C=O) groups is 9. The van der Waals surface area contributed by atoms with E-state index in [0.717, 1.165) is 118 Å². The number of nitriles is 1. The second kappa shape index (κ2) is 69.5. The van der Waals surface area contributed by atoms with Crippen LogP contribution in [0.3, 0.4) is 0 Å². The van der Waals surface area contributed by atoms with Crippen molar-refractivity contribution in [2.45, 2.75) is 278 Å². The molecule has 150 heavy (non-hydrogen) atoms. The van der Waals surface area contributed by atoms with E-state index in [9.17, 15) is 60.3 Å². The molecule has 0 radical (unpaired) electrons. The number of nitrogens with one attached hydrogen (secondary N) is 3. The van der Waals surface area contributed by atoms with Gasteiger partial charge in [0.05, 0.1) is 75.2 Å². The Morgan fingerprint density at radius 1 is 0.553 bits per heavy atom. The lowest BCUT2D eigenvalue weighted by Gasteiger charge is -2.39. The Balaban J connectivity index is 0.000000440. The van der Waals surface area contributed by atoms with E-state index in [1.165, 1.54) is 70.9 Å². The number of ether oxygens (including phenoxy) is 3. The Bertz CT molecular complexity index is 5540. The number of aliphatic hydroxyl groups excluding tert-OH is 1. The number of carboxylic acid groups (broad SMARTS) is 1. The third-order valence-corrected chi connectivity index (χ3v) is 28.7. The van der Waals surface area contributed by atoms with Crippen molar-refractivity contribution in [3.63, 3.8) is 0 Å². The van der Waals surface area contributed by atoms with Crippen molar-refractivity contribution >= 4 is 86.5 Å². The van der Waals surface area contributed by atoms with Gasteiger partial charge in [-0.15, -0.1) is 0 Å². The van der Waals surface area contributed by atoms with Crippen LogP contribution in [0.1, 0.15) is 313 Å². The van der Waals surface area contributed by atoms with Gasteiger partial charge in [-0.3, -0.25) is 62.9 Å². The van der Waals surface area contributed by atoms with Gasteiger partial charge in [0.15, 0.2) is 0 Å². The standard InChI is InChI=1S/C18H26N2O3.C17H25N3O3.C13H8FN3O2.C13H21N3O2S.C13H19N3OS.C10H20N2O.C10H14N2O.C9H13N3O.C4H8O.CH3F.CH4O/c1-3-13(2)15-9-10-20(16(11-15)17(19)21)18(22)23-12-14-7-5-4-6-8-14;1-2-14(18)13-8-9-20(15(10-13)16(19)21)17(22)23-11-12-6-4-3-5-7-12;14-8-1-3-9(4-2-8)17-12-7-15-5-11(13(18)19)10(12)6-16-17;1-5-10(16-19(18)13(2,3)4)9-6-7-15-11(8-9)12(14)17;1-5-12(16-18(17)13(2,3)4)10-6-7-15-11(8-10)9-14;2*1-3-7(2)8-4-5-12-9(6-8)10(11)13;1-2-7(10)6-3-4-12-8(5-6)9(11)13;1-2-4-5-3-1;2*1-2/h4-8,13,15-16H,3,9-12H2,1-2H3,(H2,19,21);3-7,13-15H,2,8-11,18H2,1H3,(H2,19,21);1-7H,(H,18,19);6-8,10,16H,5H2,1-4H3,(H2,14,17);6-8,12,16H,5H2,1-4H3;7-9,12H,3-6H2,1-2H3,(H2,11,13);4-7H,3H2,1-2H3,(H2,11,13);3-5,7H,2,10H2,1H3,(H2,11,13);1-4H2;1H3;2H,1H3/t13-,15?,16?;13?,14-,15?;;10-,19?;12-,18?;7-,8?,9?;2*7-;;;/m00.00000.../s1/i;;;;;;;;;1D;. The zero-order valence-corrected chi connectivity index (χ0v) is 91.4. The van der Waals surface area contributed by atoms with Crippen LogP contribution in [-0.2, 0) is 63.8 Å². The number of benzene rings is 3. The highest BCUT2D eigenvalue weighted by atomic mass is 32.2. The number of pyridine rings is 5. The number of piperidine rings is 3. The number of aromatic nitrogens is 7. The first-order chi connectivity index (χ1) is 71.7. The molecule has 4 saturated heterocycles. The number of primary amides is 6. The van der Waals surface area contributed by atoms with E-state index in [1.807, 2.05) is 148 Å². The highest BCUT2D eigenvalue weighted by molar-refractivity contribution is 7.84. The van der Waals surface area contributed by atoms with Crippen LogP contribution < -0.4 is 60.6 Å². The van der Waals surface area contributed by atoms with Gasteiger partial charge in [-0.05, 0) is 273 Å². The number of carboxylic acids is 1. The van der Waals surface area contributed by atoms with Crippen LogP contribution in [0, 0.1) is 46.7 Å². The van der Waals surface area contributed by atoms with E-state index >= 15 is 0 Å². The third-order valence-electron chi connectivity index (χ3n) is 25.5. The van der Waals surface area contributed by atoms with Crippen molar-refractivity contribution in [2.24, 2.45) is 75.5 Å². The summed E-state index contributed by atoms with van der Waals surface area (Å²) in [6.45, 7) is 36.8. The van der Waals surface area contributed by atoms with Crippen molar-refractivity contribution in [3.8, 4) is 11.8 Å². The molecule has 15 atom stereocenters. The Labute approximate surface area is 888 Å². The summed E-state index contributed by atoms with van der Waals surface area (Å²) in [4.78, 5) is 125. The molecule has 13 rings (SSSR count). The van der Waals surface area contributed by atoms with Crippen molar-refractivity contribution in [1.82, 2.24) is 59.3 Å². The summed E-state index contributed by atoms with van der Waals surface area (Å²) in [5.74, 6) is -1.12. The minimum atomic E-state index is -1.17. The SMILES string of the molecule is C1CCOC1.CC[C@H](C)C1CCN(C(=O)OCc2ccccc2)C(C(N)=O)C1.CC[C@H](C)C1CCNC(C(N)=O)C1.CC[C@H](C)c1ccnc(C(N)=O)c1.CC[C@H](N)C1CCN(C(=O)OCc2ccccc2)C(C(N)=O)C1.CC[C@H](N)c1ccnc(C(N)=O)c1.CC[C@H](NS(=O)C(C)(C)C)c1ccnc(C#N)c1.CC[C@H](NS(=O)C(C)(C)C)c1ccnc(C(N)=O)c1.CO.O=C(O)c1cncc2c1cnn2-c1ccc(F)cc1.[2H]CF. The summed E-state index contributed by atoms with van der Waals surface area (Å²) < 4.78 is 75.3. The molecule has 21 N–H and O–H groups in total. The molecular weight excluding hydrogens is 1960 g/mol. The van der Waals surface area contributed by atoms with Gasteiger partial charge in [-0.2, -0.15) is 10.4 Å². The normalized spacial score (nSPS) is 17.8. The van der Waals surface area contributed by atoms with Crippen LogP contribution in [0.25, 0.3) is 16.6 Å². The van der Waals surface area contributed by atoms with Crippen LogP contribution in [-0.4, -0.2) is 198 Å². The molecule has 9 aromatic rings. The lowest BCUT2D eigenvalue weighted by Crippen LogP contribution is -2.54. The number of alkyl halides is 1. The molecule has 41 heteroatoms. The van der Waals surface area contributed by atoms with Gasteiger partial charge in [-0.1, -0.05) is 143 Å². The molecule has 8 amide bonds. The van der Waals surface area contributed by atoms with E-state index < -0.39 is 88.9 Å². The minimum Gasteiger partial charge on any atom is -0.478 e. The van der Waals surface area contributed by atoms with Crippen molar-refractivity contribution in [2.75, 3.05) is 47.1 Å². The number of aromatic carboxylic acids is 1. The lowest BCUT2D eigenvalue weighted by molar-refractivity contribution is -0.125. The highest BCUT2D eigenvalue weighted by Gasteiger charge is 2.40. The van der Waals surface area contributed by atoms with Crippen LogP contribution >= 0.6 is 0 Å². The molecule has 0 bridgehead atoms. The number of fused-ring (bicyclic) bond motifs is 1. The van der Waals surface area contributed by atoms with Gasteiger partial charge < -0.3 is 75.6 Å². The summed E-state index contributed by atoms with van der Waals surface area (Å²) in [6, 6.07) is 39.4. The first-order valence-electron chi connectivity index (χ1n) is 51.2. The first kappa shape index (κ1) is 129. The van der Waals surface area contributed by atoms with Gasteiger partial charge in [-0.25, -0.2) is 46.3 Å². The number of hydrogen-bond acceptors (Lipinski definition) is 25. The maximum atomic E-state index is 12.9. The number of hydrogen-bond donors (Lipinski definition) is 13. The monoisotopic (exact) mass is 2120 g/mol. The van der Waals surface area contributed by atoms with Crippen molar-refractivity contribution in [1.29, 1.82) is 5.26 Å². The molecule has 4 fully saturated rings. The summed E-state index contributed by atoms with van der Waals surface area (Å²) in [5.41, 5.74) is 51.7. The molecule has 10 heterocycles. The minimum absolute atomic E-state index is 0.0272. The number of halogens is 2. The second-order valence-corrected chi connectivity index (χ2v) is 42.0. The molecule has 37 nitrogen and oxygen atoms in total. The topological polar surface area (TPSA) is 613 Å². The Morgan fingerprint density at radius 2 is 0.980 bits per heavy atom. The molecule has 824 valence electrons. The molecule has 6 aromatic heterocycles. The number of likely N-dealkylation sites (tertiary alicyclic amines) is 2. The number of nitrogens with two attached hydrogens (primary N) is 8. The Kier molecular flexibility index (Phi) is 59.9. The van der Waals surface area contributed by atoms with E-state index in [4.69, 9.17) is 76.9 Å². The lowest BCUT2D eigenvalue weighted by atomic mass is 9.81. The van der Waals surface area contributed by atoms with Crippen LogP contribution in [0.2, 0.25) is 0 Å². The summed E-state index contributed by atoms with van der Waals surface area (Å²) in [7, 11) is -2.30. The van der Waals surface area contributed by atoms with Gasteiger partial charge in [0, 0.05) is 94.0 Å². The van der Waals surface area contributed by atoms with Crippen LogP contribution in [0.4, 0.5) is 18.4 Å². The fourth-order valence-corrected chi connectivity index (χ4v) is 17.5. The van der Waals surface area contributed by atoms with Crippen LogP contribution in [0.5, 0.6) is 0 Å². The predicted octanol–water partition coefficient (Wildman–Crippen LogP) is 15.1. The smallest absolute Gasteiger partial charge is 0.410 e. The van der Waals surface area contributed by atoms with E-state index in [-0.39, 0.29) is 87.5 Å². The molecular formula is C109H161F2N21O16S2. The van der Waals surface area contributed by atoms with E-state index in [1.54, 1.807) is 73.3 Å². The first-order valence-corrected chi connectivity index (χ1v) is 52.8. The van der Waals surface area contributed by atoms with E-state index in [0.29, 0.717) is 83.5 Å². The molecule has 4 aliphatic heterocycles. The van der Waals surface area contributed by atoms with Gasteiger partial charge in [0.2, 0.25) is 17.7 Å². The zero-order chi connectivity index (χ0) is 113. The maximum Gasteiger partial charge on any atom is 0.410 e. The molecule has 0 aliphatic carbocycles. The fourth-order valence-electron chi connectivity index (χ4n) is 15.6. The van der Waals surface area contributed by atoms with Crippen LogP contribution in [0.15, 0.2) is 177 Å². The van der Waals surface area contributed by atoms with E-state index in [2.05, 4.69) is 86.3 Å². The Morgan fingerprint density at radius 3 is 1.38 bits per heavy atom. The molecule has 0 spiro atoms. The van der Waals surface area contributed by atoms with Gasteiger partial charge in [0.25, 0.3) is 17.7 Å². The fraction of sp³-hybridized carbons (Fsp3) is 0.505. The zero-order valence-electron chi connectivity index (χ0n) is 90.8. The quantitative estimate of drug-likeness (QED) is 0.0199. The van der Waals surface area contributed by atoms with Gasteiger partial charge in [0.1, 0.15) is 60.0 Å². The number of aliphatic hydroxyl groups is 1. The molecule has 0 saturated carbocycles. The largest absolute Gasteiger partial charge is 0.478 e. The molecule has 3 aromatic carbocycles. The predicted molar refractivity (Wildman–Crippen MR) is 581 cm³/mol. The van der Waals surface area contributed by atoms with Crippen molar-refractivity contribution < 1.29 is 86.1 Å². The summed E-state index contributed by atoms with van der Waals surface area (Å²) in [5, 5.41) is 32.7. The third kappa shape index (κ3) is 45.5. The average molecular weight is 2120 g/mol. The summed E-state index contributed by atoms with van der Waals surface area (Å²) >= 11 is 0. The van der Waals surface area contributed by atoms with Gasteiger partial charge >= 0.3 is 18.2 Å². The maximum absolute atomic E-state index is 12.9. The highest BCUT2D eigenvalue weighted by Crippen LogP contribution is 2.34. The Hall–Kier alpha value is -12.9. The molecule has 4 aliphatic rings. The number of carbonyl (C=O) groups excluding carboxylic acids is 8. The second-order valence-electron chi connectivity index (χ2n) is 38.0. The molecule has 8 unspecified atom stereocenters. The number of rotatable bonds is 30. The summed E-state index contributed by atoms with van der Waals surface area (Å²) in [6.07, 6.45) is 23.6. The number of amides is 8. The van der Waals surface area contributed by atoms with Crippen molar-refractivity contribution in [3.05, 3.63) is 244 Å².